The molecule has 0 aliphatic carbocycles. The number of rotatable bonds is 3. The van der Waals surface area contributed by atoms with Gasteiger partial charge >= 0.3 is 0 Å². The maximum absolute atomic E-state index is 13.6. The van der Waals surface area contributed by atoms with E-state index in [0.717, 1.165) is 15.2 Å². The molecule has 0 unspecified atom stereocenters. The molecule has 2 aromatic rings. The Balaban J connectivity index is 2.05. The van der Waals surface area contributed by atoms with Gasteiger partial charge in [0.05, 0.1) is 23.4 Å². The summed E-state index contributed by atoms with van der Waals surface area (Å²) < 4.78 is 14.7. The summed E-state index contributed by atoms with van der Waals surface area (Å²) in [6.45, 7) is 0. The largest absolute Gasteiger partial charge is 0.274 e. The topological polar surface area (TPSA) is 65.2 Å². The van der Waals surface area contributed by atoms with Crippen molar-refractivity contribution in [1.82, 2.24) is 5.43 Å². The molecule has 1 N–H and O–H groups in total. The van der Waals surface area contributed by atoms with Crippen LogP contribution in [0, 0.1) is 20.7 Å². The number of nitrogens with one attached hydrogen (secondary N) is 1. The minimum atomic E-state index is -0.754. The van der Waals surface area contributed by atoms with Gasteiger partial charge in [0.1, 0.15) is 5.82 Å². The standard InChI is InChI=1S/C15H9FIN3O/c16-14-7-11(8-18)3-6-13(14)15(21)20-19-9-10-1-4-12(17)5-2-10/h1-7,9H,(H,20,21)/b19-9-. The van der Waals surface area contributed by atoms with Crippen molar-refractivity contribution < 1.29 is 9.18 Å². The van der Waals surface area contributed by atoms with Gasteiger partial charge in [0, 0.05) is 3.57 Å². The average molecular weight is 393 g/mol. The predicted molar refractivity (Wildman–Crippen MR) is 85.3 cm³/mol. The van der Waals surface area contributed by atoms with E-state index < -0.39 is 11.7 Å². The number of hydrazone groups is 1. The average Bonchev–Trinajstić information content (AvgIpc) is 2.49. The zero-order chi connectivity index (χ0) is 15.2. The number of carbonyl (C=O) groups excluding carboxylic acids is 1. The molecule has 4 nitrogen and oxygen atoms in total. The van der Waals surface area contributed by atoms with E-state index in [1.165, 1.54) is 18.3 Å². The molecule has 0 saturated heterocycles. The van der Waals surface area contributed by atoms with Crippen molar-refractivity contribution in [3.8, 4) is 6.07 Å². The highest BCUT2D eigenvalue weighted by molar-refractivity contribution is 14.1. The summed E-state index contributed by atoms with van der Waals surface area (Å²) in [5.74, 6) is -1.42. The van der Waals surface area contributed by atoms with E-state index in [9.17, 15) is 9.18 Å². The monoisotopic (exact) mass is 393 g/mol. The minimum Gasteiger partial charge on any atom is -0.267 e. The van der Waals surface area contributed by atoms with E-state index in [1.807, 2.05) is 24.3 Å². The fourth-order valence-corrected chi connectivity index (χ4v) is 1.90. The van der Waals surface area contributed by atoms with Gasteiger partial charge in [-0.1, -0.05) is 12.1 Å². The van der Waals surface area contributed by atoms with Crippen LogP contribution in [0.2, 0.25) is 0 Å². The van der Waals surface area contributed by atoms with Crippen molar-refractivity contribution in [2.45, 2.75) is 0 Å². The van der Waals surface area contributed by atoms with Crippen LogP contribution in [-0.2, 0) is 0 Å². The normalized spacial score (nSPS) is 10.3. The lowest BCUT2D eigenvalue weighted by molar-refractivity contribution is 0.0951. The van der Waals surface area contributed by atoms with Crippen LogP contribution in [0.25, 0.3) is 0 Å². The molecule has 0 atom stereocenters. The van der Waals surface area contributed by atoms with Crippen LogP contribution >= 0.6 is 22.6 Å². The minimum absolute atomic E-state index is 0.159. The van der Waals surface area contributed by atoms with Gasteiger partial charge in [-0.15, -0.1) is 0 Å². The lowest BCUT2D eigenvalue weighted by Crippen LogP contribution is -2.19. The number of amides is 1. The molecule has 2 rings (SSSR count). The highest BCUT2D eigenvalue weighted by Crippen LogP contribution is 2.10. The van der Waals surface area contributed by atoms with Gasteiger partial charge < -0.3 is 0 Å². The second-order valence-electron chi connectivity index (χ2n) is 4.06. The Morgan fingerprint density at radius 1 is 1.29 bits per heavy atom. The highest BCUT2D eigenvalue weighted by Gasteiger charge is 2.11. The Bertz CT molecular complexity index is 736. The van der Waals surface area contributed by atoms with Crippen molar-refractivity contribution in [2.75, 3.05) is 0 Å². The third kappa shape index (κ3) is 4.10. The first-order valence-electron chi connectivity index (χ1n) is 5.89. The first-order valence-corrected chi connectivity index (χ1v) is 6.96. The molecule has 1 amide bonds. The lowest BCUT2D eigenvalue weighted by atomic mass is 10.1. The lowest BCUT2D eigenvalue weighted by Gasteiger charge is -2.01. The molecule has 0 radical (unpaired) electrons. The summed E-state index contributed by atoms with van der Waals surface area (Å²) in [5.41, 5.74) is 3.06. The SMILES string of the molecule is N#Cc1ccc(C(=O)N/N=C\c2ccc(I)cc2)c(F)c1. The summed E-state index contributed by atoms with van der Waals surface area (Å²) in [6, 6.07) is 12.9. The van der Waals surface area contributed by atoms with E-state index in [2.05, 4.69) is 33.1 Å². The van der Waals surface area contributed by atoms with Crippen molar-refractivity contribution in [1.29, 1.82) is 5.26 Å². The zero-order valence-corrected chi connectivity index (χ0v) is 12.8. The predicted octanol–water partition coefficient (Wildman–Crippen LogP) is 3.07. The van der Waals surface area contributed by atoms with Crippen LogP contribution in [0.3, 0.4) is 0 Å². The van der Waals surface area contributed by atoms with Gasteiger partial charge in [0.25, 0.3) is 5.91 Å². The van der Waals surface area contributed by atoms with E-state index >= 15 is 0 Å². The summed E-state index contributed by atoms with van der Waals surface area (Å²) in [6.07, 6.45) is 1.47. The summed E-state index contributed by atoms with van der Waals surface area (Å²) >= 11 is 2.18. The smallest absolute Gasteiger partial charge is 0.267 e. The number of nitriles is 1. The Labute approximate surface area is 134 Å². The molecule has 0 heterocycles. The number of halogens is 2. The van der Waals surface area contributed by atoms with Crippen LogP contribution in [0.15, 0.2) is 47.6 Å². The third-order valence-electron chi connectivity index (χ3n) is 2.59. The van der Waals surface area contributed by atoms with Gasteiger partial charge in [-0.05, 0) is 58.5 Å². The van der Waals surface area contributed by atoms with Gasteiger partial charge in [-0.25, -0.2) is 9.82 Å². The van der Waals surface area contributed by atoms with Gasteiger partial charge in [-0.2, -0.15) is 10.4 Å². The molecular weight excluding hydrogens is 384 g/mol. The molecule has 0 spiro atoms. The molecule has 2 aromatic carbocycles. The molecule has 0 aliphatic heterocycles. The fourth-order valence-electron chi connectivity index (χ4n) is 1.54. The first-order chi connectivity index (χ1) is 10.1. The second-order valence-corrected chi connectivity index (χ2v) is 5.30. The third-order valence-corrected chi connectivity index (χ3v) is 3.31. The summed E-state index contributed by atoms with van der Waals surface area (Å²) in [5, 5.41) is 12.4. The van der Waals surface area contributed by atoms with E-state index in [0.29, 0.717) is 0 Å². The second kappa shape index (κ2) is 6.95. The van der Waals surface area contributed by atoms with Crippen LogP contribution < -0.4 is 5.43 Å². The number of hydrogen-bond donors (Lipinski definition) is 1. The molecule has 0 aromatic heterocycles. The molecule has 0 saturated carbocycles. The summed E-state index contributed by atoms with van der Waals surface area (Å²) in [4.78, 5) is 11.8. The van der Waals surface area contributed by atoms with Crippen LogP contribution in [0.5, 0.6) is 0 Å². The van der Waals surface area contributed by atoms with Crippen molar-refractivity contribution in [3.05, 3.63) is 68.5 Å². The van der Waals surface area contributed by atoms with Crippen LogP contribution in [0.4, 0.5) is 4.39 Å². The molecule has 0 aliphatic rings. The molecule has 104 valence electrons. The molecule has 0 bridgehead atoms. The highest BCUT2D eigenvalue weighted by atomic mass is 127. The van der Waals surface area contributed by atoms with Crippen molar-refractivity contribution in [3.63, 3.8) is 0 Å². The van der Waals surface area contributed by atoms with Gasteiger partial charge in [0.2, 0.25) is 0 Å². The van der Waals surface area contributed by atoms with E-state index in [4.69, 9.17) is 5.26 Å². The number of hydrogen-bond acceptors (Lipinski definition) is 3. The Morgan fingerprint density at radius 3 is 2.62 bits per heavy atom. The zero-order valence-electron chi connectivity index (χ0n) is 10.7. The fraction of sp³-hybridized carbons (Fsp3) is 0. The molecule has 21 heavy (non-hydrogen) atoms. The first kappa shape index (κ1) is 15.1. The number of nitrogens with zero attached hydrogens (tertiary/aromatic N) is 2. The maximum Gasteiger partial charge on any atom is 0.274 e. The Kier molecular flexibility index (Phi) is 5.00. The van der Waals surface area contributed by atoms with Gasteiger partial charge in [0.15, 0.2) is 0 Å². The van der Waals surface area contributed by atoms with Gasteiger partial charge in [-0.3, -0.25) is 4.79 Å². The Hall–Kier alpha value is -2.27. The maximum atomic E-state index is 13.6. The van der Waals surface area contributed by atoms with E-state index in [1.54, 1.807) is 6.07 Å². The Morgan fingerprint density at radius 2 is 2.00 bits per heavy atom. The van der Waals surface area contributed by atoms with E-state index in [-0.39, 0.29) is 11.1 Å². The van der Waals surface area contributed by atoms with Crippen molar-refractivity contribution in [2.24, 2.45) is 5.10 Å². The summed E-state index contributed by atoms with van der Waals surface area (Å²) in [7, 11) is 0. The molecule has 0 fully saturated rings. The number of carbonyl (C=O) groups is 1. The molecular formula is C15H9FIN3O. The molecule has 6 heteroatoms. The number of benzene rings is 2. The quantitative estimate of drug-likeness (QED) is 0.495. The van der Waals surface area contributed by atoms with Crippen LogP contribution in [0.1, 0.15) is 21.5 Å². The van der Waals surface area contributed by atoms with Crippen LogP contribution in [-0.4, -0.2) is 12.1 Å². The van der Waals surface area contributed by atoms with Crippen molar-refractivity contribution >= 4 is 34.7 Å².